The number of nitrogens with zero attached hydrogens (tertiary/aromatic N) is 1. The molecule has 3 heteroatoms. The Morgan fingerprint density at radius 1 is 1.29 bits per heavy atom. The van der Waals surface area contributed by atoms with Gasteiger partial charge in [-0.2, -0.15) is 0 Å². The molecule has 1 heterocycles. The zero-order valence-corrected chi connectivity index (χ0v) is 8.96. The van der Waals surface area contributed by atoms with Gasteiger partial charge in [-0.3, -0.25) is 0 Å². The fourth-order valence-corrected chi connectivity index (χ4v) is 1.67. The van der Waals surface area contributed by atoms with E-state index in [1.807, 2.05) is 18.3 Å². The van der Waals surface area contributed by atoms with E-state index in [0.29, 0.717) is 11.6 Å². The quantitative estimate of drug-likeness (QED) is 0.730. The fourth-order valence-electron chi connectivity index (χ4n) is 1.48. The van der Waals surface area contributed by atoms with E-state index in [-0.39, 0.29) is 0 Å². The van der Waals surface area contributed by atoms with Crippen molar-refractivity contribution in [2.75, 3.05) is 0 Å². The molecule has 0 amide bonds. The summed E-state index contributed by atoms with van der Waals surface area (Å²) >= 11 is 11.4. The highest BCUT2D eigenvalue weighted by molar-refractivity contribution is 6.36. The van der Waals surface area contributed by atoms with Crippen molar-refractivity contribution in [1.82, 2.24) is 4.57 Å². The maximum Gasteiger partial charge on any atom is 0.0592 e. The molecule has 0 radical (unpaired) electrons. The van der Waals surface area contributed by atoms with Crippen LogP contribution in [0, 0.1) is 0 Å². The molecule has 0 unspecified atom stereocenters. The van der Waals surface area contributed by atoms with Crippen molar-refractivity contribution in [3.63, 3.8) is 0 Å². The van der Waals surface area contributed by atoms with E-state index in [4.69, 9.17) is 23.2 Å². The Balaban J connectivity index is 2.43. The van der Waals surface area contributed by atoms with Gasteiger partial charge in [-0.25, -0.2) is 0 Å². The van der Waals surface area contributed by atoms with Gasteiger partial charge in [0.15, 0.2) is 0 Å². The number of benzene rings is 1. The van der Waals surface area contributed by atoms with E-state index in [0.717, 1.165) is 0 Å². The van der Waals surface area contributed by atoms with Crippen LogP contribution >= 0.6 is 23.2 Å². The van der Waals surface area contributed by atoms with E-state index in [9.17, 15) is 0 Å². The zero-order valence-electron chi connectivity index (χ0n) is 7.45. The van der Waals surface area contributed by atoms with Gasteiger partial charge < -0.3 is 4.57 Å². The SMILES string of the molecule is ClC=C(Cl)Cn1ccc2ccccc21. The van der Waals surface area contributed by atoms with Crippen molar-refractivity contribution in [2.24, 2.45) is 0 Å². The first-order valence-electron chi connectivity index (χ1n) is 4.30. The van der Waals surface area contributed by atoms with E-state index >= 15 is 0 Å². The number of para-hydroxylation sites is 1. The van der Waals surface area contributed by atoms with Crippen LogP contribution in [-0.4, -0.2) is 4.57 Å². The third-order valence-electron chi connectivity index (χ3n) is 2.12. The van der Waals surface area contributed by atoms with Crippen LogP contribution in [0.25, 0.3) is 10.9 Å². The summed E-state index contributed by atoms with van der Waals surface area (Å²) in [4.78, 5) is 0. The predicted molar refractivity (Wildman–Crippen MR) is 61.7 cm³/mol. The molecule has 0 fully saturated rings. The van der Waals surface area contributed by atoms with Gasteiger partial charge in [0.1, 0.15) is 0 Å². The van der Waals surface area contributed by atoms with Gasteiger partial charge in [0.25, 0.3) is 0 Å². The lowest BCUT2D eigenvalue weighted by atomic mass is 10.2. The van der Waals surface area contributed by atoms with Crippen LogP contribution in [0.15, 0.2) is 47.1 Å². The first-order chi connectivity index (χ1) is 6.81. The lowest BCUT2D eigenvalue weighted by molar-refractivity contribution is 0.852. The van der Waals surface area contributed by atoms with Crippen molar-refractivity contribution < 1.29 is 0 Å². The summed E-state index contributed by atoms with van der Waals surface area (Å²) in [5.74, 6) is 0. The average Bonchev–Trinajstić information content (AvgIpc) is 2.62. The number of hydrogen-bond donors (Lipinski definition) is 0. The van der Waals surface area contributed by atoms with Gasteiger partial charge in [-0.05, 0) is 17.5 Å². The monoisotopic (exact) mass is 225 g/mol. The molecule has 2 rings (SSSR count). The predicted octanol–water partition coefficient (Wildman–Crippen LogP) is 3.96. The summed E-state index contributed by atoms with van der Waals surface area (Å²) in [5.41, 5.74) is 2.57. The molecule has 1 nitrogen and oxygen atoms in total. The summed E-state index contributed by atoms with van der Waals surface area (Å²) in [6, 6.07) is 10.2. The minimum Gasteiger partial charge on any atom is -0.342 e. The minimum absolute atomic E-state index is 0.624. The van der Waals surface area contributed by atoms with Crippen LogP contribution in [0.1, 0.15) is 0 Å². The first-order valence-corrected chi connectivity index (χ1v) is 5.11. The van der Waals surface area contributed by atoms with E-state index in [1.165, 1.54) is 16.4 Å². The van der Waals surface area contributed by atoms with Crippen molar-refractivity contribution in [3.05, 3.63) is 47.1 Å². The number of fused-ring (bicyclic) bond motifs is 1. The molecule has 0 aliphatic carbocycles. The first kappa shape index (κ1) is 9.63. The average molecular weight is 226 g/mol. The highest BCUT2D eigenvalue weighted by Crippen LogP contribution is 2.17. The summed E-state index contributed by atoms with van der Waals surface area (Å²) in [5, 5.41) is 1.85. The second-order valence-electron chi connectivity index (χ2n) is 3.06. The molecule has 14 heavy (non-hydrogen) atoms. The second-order valence-corrected chi connectivity index (χ2v) is 3.76. The largest absolute Gasteiger partial charge is 0.342 e. The van der Waals surface area contributed by atoms with Crippen LogP contribution in [0.3, 0.4) is 0 Å². The van der Waals surface area contributed by atoms with Crippen LogP contribution in [0.4, 0.5) is 0 Å². The van der Waals surface area contributed by atoms with Crippen LogP contribution in [0.2, 0.25) is 0 Å². The summed E-state index contributed by atoms with van der Waals surface area (Å²) in [7, 11) is 0. The number of allylic oxidation sites excluding steroid dienone is 1. The highest BCUT2D eigenvalue weighted by atomic mass is 35.5. The molecule has 0 aliphatic heterocycles. The molecule has 0 aliphatic rings. The van der Waals surface area contributed by atoms with Gasteiger partial charge in [-0.1, -0.05) is 41.4 Å². The second kappa shape index (κ2) is 4.07. The molecule has 1 aromatic carbocycles. The molecule has 0 spiro atoms. The topological polar surface area (TPSA) is 4.93 Å². The molecule has 2 aromatic rings. The van der Waals surface area contributed by atoms with Crippen LogP contribution < -0.4 is 0 Å². The minimum atomic E-state index is 0.624. The standard InChI is InChI=1S/C11H9Cl2N/c12-7-10(13)8-14-6-5-9-3-1-2-4-11(9)14/h1-7H,8H2. The van der Waals surface area contributed by atoms with Crippen molar-refractivity contribution in [3.8, 4) is 0 Å². The fraction of sp³-hybridized carbons (Fsp3) is 0.0909. The Morgan fingerprint density at radius 2 is 2.07 bits per heavy atom. The molecular weight excluding hydrogens is 217 g/mol. The van der Waals surface area contributed by atoms with Gasteiger partial charge >= 0.3 is 0 Å². The van der Waals surface area contributed by atoms with E-state index in [2.05, 4.69) is 22.8 Å². The molecule has 1 aromatic heterocycles. The Labute approximate surface area is 92.5 Å². The number of halogens is 2. The zero-order chi connectivity index (χ0) is 9.97. The van der Waals surface area contributed by atoms with Crippen molar-refractivity contribution >= 4 is 34.1 Å². The van der Waals surface area contributed by atoms with E-state index < -0.39 is 0 Å². The molecule has 72 valence electrons. The number of rotatable bonds is 2. The third-order valence-corrected chi connectivity index (χ3v) is 2.72. The Hall–Kier alpha value is -0.920. The molecule has 0 saturated carbocycles. The molecular formula is C11H9Cl2N. The van der Waals surface area contributed by atoms with Crippen LogP contribution in [0.5, 0.6) is 0 Å². The van der Waals surface area contributed by atoms with Gasteiger partial charge in [0, 0.05) is 22.3 Å². The Morgan fingerprint density at radius 3 is 2.86 bits per heavy atom. The normalized spacial score (nSPS) is 12.3. The Kier molecular flexibility index (Phi) is 2.80. The summed E-state index contributed by atoms with van der Waals surface area (Å²) in [6.07, 6.45) is 2.01. The molecule has 0 bridgehead atoms. The number of aromatic nitrogens is 1. The van der Waals surface area contributed by atoms with Crippen molar-refractivity contribution in [2.45, 2.75) is 6.54 Å². The molecule has 0 atom stereocenters. The molecule has 0 N–H and O–H groups in total. The smallest absolute Gasteiger partial charge is 0.0592 e. The third kappa shape index (κ3) is 1.79. The number of hydrogen-bond acceptors (Lipinski definition) is 0. The van der Waals surface area contributed by atoms with Crippen LogP contribution in [-0.2, 0) is 6.54 Å². The van der Waals surface area contributed by atoms with Crippen molar-refractivity contribution in [1.29, 1.82) is 0 Å². The summed E-state index contributed by atoms with van der Waals surface area (Å²) in [6.45, 7) is 0.624. The lowest BCUT2D eigenvalue weighted by Gasteiger charge is -2.02. The van der Waals surface area contributed by atoms with E-state index in [1.54, 1.807) is 0 Å². The summed E-state index contributed by atoms with van der Waals surface area (Å²) < 4.78 is 2.07. The maximum atomic E-state index is 5.87. The van der Waals surface area contributed by atoms with Gasteiger partial charge in [0.2, 0.25) is 0 Å². The maximum absolute atomic E-state index is 5.87. The molecule has 0 saturated heterocycles. The van der Waals surface area contributed by atoms with Gasteiger partial charge in [0.05, 0.1) is 6.54 Å². The Bertz CT molecular complexity index is 471. The van der Waals surface area contributed by atoms with Gasteiger partial charge in [-0.15, -0.1) is 0 Å². The highest BCUT2D eigenvalue weighted by Gasteiger charge is 2.00. The lowest BCUT2D eigenvalue weighted by Crippen LogP contribution is -1.94.